The largest absolute Gasteiger partial charge is 0.466 e. The molecule has 0 saturated heterocycles. The second-order valence-corrected chi connectivity index (χ2v) is 7.23. The quantitative estimate of drug-likeness (QED) is 0.629. The van der Waals surface area contributed by atoms with E-state index in [0.29, 0.717) is 18.7 Å². The van der Waals surface area contributed by atoms with Crippen LogP contribution in [0.25, 0.3) is 0 Å². The minimum Gasteiger partial charge on any atom is -0.466 e. The molecule has 1 aliphatic rings. The lowest BCUT2D eigenvalue weighted by Gasteiger charge is -2.12. The predicted molar refractivity (Wildman–Crippen MR) is 98.2 cm³/mol. The predicted octanol–water partition coefficient (Wildman–Crippen LogP) is 5.14. The van der Waals surface area contributed by atoms with Crippen molar-refractivity contribution in [3.63, 3.8) is 0 Å². The Labute approximate surface area is 163 Å². The van der Waals surface area contributed by atoms with Crippen LogP contribution in [-0.2, 0) is 22.3 Å². The van der Waals surface area contributed by atoms with Gasteiger partial charge in [0.05, 0.1) is 23.8 Å². The van der Waals surface area contributed by atoms with Crippen molar-refractivity contribution in [2.45, 2.75) is 32.0 Å². The number of ether oxygens (including phenoxy) is 1. The van der Waals surface area contributed by atoms with Crippen LogP contribution in [0.15, 0.2) is 41.1 Å². The second-order valence-electron chi connectivity index (χ2n) is 6.37. The monoisotopic (exact) mass is 442 g/mol. The molecule has 0 radical (unpaired) electrons. The molecule has 3 rings (SSSR count). The molecule has 2 aromatic rings. The summed E-state index contributed by atoms with van der Waals surface area (Å²) in [6, 6.07) is 5.86. The van der Waals surface area contributed by atoms with E-state index in [9.17, 15) is 18.0 Å². The number of carbonyl (C=O) groups excluding carboxylic acids is 1. The number of nitrogens with one attached hydrogen (secondary N) is 1. The number of hydrogen-bond donors (Lipinski definition) is 1. The summed E-state index contributed by atoms with van der Waals surface area (Å²) < 4.78 is 43.5. The maximum absolute atomic E-state index is 12.8. The lowest BCUT2D eigenvalue weighted by Crippen LogP contribution is -2.08. The van der Waals surface area contributed by atoms with Crippen LogP contribution in [0.4, 0.5) is 18.9 Å². The van der Waals surface area contributed by atoms with Crippen molar-refractivity contribution in [1.82, 2.24) is 4.98 Å². The highest BCUT2D eigenvalue weighted by atomic mass is 79.9. The number of hydrogen-bond acceptors (Lipinski definition) is 4. The molecule has 8 heteroatoms. The summed E-state index contributed by atoms with van der Waals surface area (Å²) in [7, 11) is 0. The summed E-state index contributed by atoms with van der Waals surface area (Å²) in [6.07, 6.45) is -0.271. The van der Waals surface area contributed by atoms with Crippen LogP contribution in [0.3, 0.4) is 0 Å². The van der Waals surface area contributed by atoms with Crippen LogP contribution >= 0.6 is 15.9 Å². The minimum absolute atomic E-state index is 0.0106. The normalized spacial score (nSPS) is 18.9. The topological polar surface area (TPSA) is 51.2 Å². The first-order chi connectivity index (χ1) is 12.8. The van der Waals surface area contributed by atoms with Crippen molar-refractivity contribution in [2.75, 3.05) is 11.9 Å². The highest BCUT2D eigenvalue weighted by molar-refractivity contribution is 9.10. The molecule has 2 atom stereocenters. The van der Waals surface area contributed by atoms with Crippen LogP contribution in [0, 0.1) is 5.92 Å². The van der Waals surface area contributed by atoms with Gasteiger partial charge in [0, 0.05) is 23.4 Å². The summed E-state index contributed by atoms with van der Waals surface area (Å²) in [5.41, 5.74) is 1.70. The molecular formula is C19H18BrF3N2O2. The van der Waals surface area contributed by atoms with E-state index in [0.717, 1.165) is 23.7 Å². The molecule has 4 nitrogen and oxygen atoms in total. The first-order valence-corrected chi connectivity index (χ1v) is 9.30. The Balaban J connectivity index is 1.63. The molecule has 0 amide bonds. The Bertz CT molecular complexity index is 842. The Hall–Kier alpha value is -2.09. The fraction of sp³-hybridized carbons (Fsp3) is 0.368. The Morgan fingerprint density at radius 1 is 1.33 bits per heavy atom. The van der Waals surface area contributed by atoms with E-state index < -0.39 is 11.7 Å². The van der Waals surface area contributed by atoms with Gasteiger partial charge in [-0.3, -0.25) is 9.78 Å². The molecule has 1 aliphatic carbocycles. The third kappa shape index (κ3) is 4.80. The summed E-state index contributed by atoms with van der Waals surface area (Å²) in [6.45, 7) is 2.50. The molecular weight excluding hydrogens is 425 g/mol. The van der Waals surface area contributed by atoms with Crippen molar-refractivity contribution in [2.24, 2.45) is 5.92 Å². The molecule has 27 heavy (non-hydrogen) atoms. The van der Waals surface area contributed by atoms with E-state index >= 15 is 0 Å². The third-order valence-electron chi connectivity index (χ3n) is 4.40. The van der Waals surface area contributed by atoms with E-state index in [1.807, 2.05) is 6.07 Å². The number of aromatic nitrogens is 1. The SMILES string of the molecule is CCOC(=O)[C@H]1C[C@@H]1c1cncc(NCc2ccc(C(F)(F)F)c(Br)c2)c1. The summed E-state index contributed by atoms with van der Waals surface area (Å²) in [5, 5.41) is 3.16. The molecule has 0 spiro atoms. The first-order valence-electron chi connectivity index (χ1n) is 8.50. The van der Waals surface area contributed by atoms with Gasteiger partial charge in [0.2, 0.25) is 0 Å². The number of esters is 1. The zero-order chi connectivity index (χ0) is 19.6. The summed E-state index contributed by atoms with van der Waals surface area (Å²) in [5.74, 6) is -0.193. The maximum atomic E-state index is 12.8. The van der Waals surface area contributed by atoms with Crippen molar-refractivity contribution in [1.29, 1.82) is 0 Å². The van der Waals surface area contributed by atoms with Gasteiger partial charge in [0.15, 0.2) is 0 Å². The van der Waals surface area contributed by atoms with Crippen molar-refractivity contribution >= 4 is 27.6 Å². The average Bonchev–Trinajstić information content (AvgIpc) is 3.40. The maximum Gasteiger partial charge on any atom is 0.417 e. The zero-order valence-electron chi connectivity index (χ0n) is 14.5. The lowest BCUT2D eigenvalue weighted by molar-refractivity contribution is -0.144. The smallest absolute Gasteiger partial charge is 0.417 e. The highest BCUT2D eigenvalue weighted by Crippen LogP contribution is 2.48. The van der Waals surface area contributed by atoms with Gasteiger partial charge in [0.1, 0.15) is 0 Å². The molecule has 1 saturated carbocycles. The van der Waals surface area contributed by atoms with Gasteiger partial charge < -0.3 is 10.1 Å². The molecule has 1 fully saturated rings. The van der Waals surface area contributed by atoms with Gasteiger partial charge in [-0.1, -0.05) is 22.0 Å². The van der Waals surface area contributed by atoms with E-state index in [1.54, 1.807) is 19.3 Å². The standard InChI is InChI=1S/C19H18BrF3N2O2/c1-2-27-18(26)15-7-14(15)12-6-13(10-24-9-12)25-8-11-3-4-16(17(20)5-11)19(21,22)23/h3-6,9-10,14-15,25H,2,7-8H2,1H3/t14-,15+/m1/s1. The number of carbonyl (C=O) groups is 1. The fourth-order valence-electron chi connectivity index (χ4n) is 2.93. The molecule has 1 heterocycles. The third-order valence-corrected chi connectivity index (χ3v) is 5.06. The second kappa shape index (κ2) is 7.88. The number of rotatable bonds is 6. The Morgan fingerprint density at radius 3 is 2.78 bits per heavy atom. The number of halogens is 4. The van der Waals surface area contributed by atoms with Crippen LogP contribution in [0.1, 0.15) is 36.0 Å². The molecule has 1 N–H and O–H groups in total. The van der Waals surface area contributed by atoms with E-state index in [4.69, 9.17) is 4.74 Å². The van der Waals surface area contributed by atoms with E-state index in [1.165, 1.54) is 12.1 Å². The fourth-order valence-corrected chi connectivity index (χ4v) is 3.58. The molecule has 144 valence electrons. The van der Waals surface area contributed by atoms with Gasteiger partial charge in [-0.2, -0.15) is 13.2 Å². The molecule has 0 aliphatic heterocycles. The molecule has 1 aromatic heterocycles. The summed E-state index contributed by atoms with van der Waals surface area (Å²) in [4.78, 5) is 16.0. The van der Waals surface area contributed by atoms with Gasteiger partial charge >= 0.3 is 12.1 Å². The van der Waals surface area contributed by atoms with Crippen LogP contribution < -0.4 is 5.32 Å². The number of alkyl halides is 3. The van der Waals surface area contributed by atoms with Gasteiger partial charge in [0.25, 0.3) is 0 Å². The lowest BCUT2D eigenvalue weighted by atomic mass is 10.1. The van der Waals surface area contributed by atoms with Crippen molar-refractivity contribution < 1.29 is 22.7 Å². The molecule has 0 unspecified atom stereocenters. The minimum atomic E-state index is -4.39. The Kier molecular flexibility index (Phi) is 5.74. The number of benzene rings is 1. The first kappa shape index (κ1) is 19.7. The molecule has 1 aromatic carbocycles. The van der Waals surface area contributed by atoms with Crippen molar-refractivity contribution in [3.05, 3.63) is 57.8 Å². The Morgan fingerprint density at radius 2 is 2.11 bits per heavy atom. The number of anilines is 1. The van der Waals surface area contributed by atoms with Gasteiger partial charge in [-0.05, 0) is 48.6 Å². The van der Waals surface area contributed by atoms with E-state index in [-0.39, 0.29) is 22.3 Å². The number of nitrogens with zero attached hydrogens (tertiary/aromatic N) is 1. The number of pyridine rings is 1. The van der Waals surface area contributed by atoms with Gasteiger partial charge in [-0.15, -0.1) is 0 Å². The van der Waals surface area contributed by atoms with Gasteiger partial charge in [-0.25, -0.2) is 0 Å². The molecule has 0 bridgehead atoms. The zero-order valence-corrected chi connectivity index (χ0v) is 16.1. The van der Waals surface area contributed by atoms with Crippen molar-refractivity contribution in [3.8, 4) is 0 Å². The van der Waals surface area contributed by atoms with Crippen LogP contribution in [0.2, 0.25) is 0 Å². The van der Waals surface area contributed by atoms with Crippen LogP contribution in [-0.4, -0.2) is 17.6 Å². The van der Waals surface area contributed by atoms with E-state index in [2.05, 4.69) is 26.2 Å². The highest BCUT2D eigenvalue weighted by Gasteiger charge is 2.45. The average molecular weight is 443 g/mol. The van der Waals surface area contributed by atoms with Crippen LogP contribution in [0.5, 0.6) is 0 Å². The summed E-state index contributed by atoms with van der Waals surface area (Å²) >= 11 is 2.98.